The van der Waals surface area contributed by atoms with E-state index in [4.69, 9.17) is 5.11 Å². The number of sulfonamides is 1. The number of hydrogen-bond donors (Lipinski definition) is 2. The lowest BCUT2D eigenvalue weighted by Crippen LogP contribution is -2.31. The first-order valence-electron chi connectivity index (χ1n) is 7.35. The number of anilines is 2. The number of hydrogen-bond acceptors (Lipinski definition) is 5. The number of aromatic nitrogens is 1. The molecule has 0 atom stereocenters. The van der Waals surface area contributed by atoms with E-state index in [-0.39, 0.29) is 28.7 Å². The molecule has 0 spiro atoms. The first-order chi connectivity index (χ1) is 11.8. The lowest BCUT2D eigenvalue weighted by Gasteiger charge is -2.23. The van der Waals surface area contributed by atoms with Crippen molar-refractivity contribution in [2.75, 3.05) is 16.2 Å². The van der Waals surface area contributed by atoms with Gasteiger partial charge >= 0.3 is 5.97 Å². The molecule has 2 rings (SSSR count). The summed E-state index contributed by atoms with van der Waals surface area (Å²) in [6.45, 7) is 3.11. The van der Waals surface area contributed by atoms with E-state index >= 15 is 0 Å². The third-order valence-electron chi connectivity index (χ3n) is 3.30. The zero-order valence-corrected chi connectivity index (χ0v) is 14.4. The molecule has 0 saturated heterocycles. The molecule has 1 aromatic carbocycles. The van der Waals surface area contributed by atoms with Crippen molar-refractivity contribution >= 4 is 33.3 Å². The molecule has 0 fully saturated rings. The van der Waals surface area contributed by atoms with Crippen LogP contribution < -0.4 is 9.62 Å². The Bertz CT molecular complexity index is 894. The molecular formula is C16H17N3O5S. The zero-order valence-electron chi connectivity index (χ0n) is 13.6. The number of carbonyl (C=O) groups is 2. The Morgan fingerprint density at radius 3 is 2.36 bits per heavy atom. The van der Waals surface area contributed by atoms with Crippen LogP contribution in [0.5, 0.6) is 0 Å². The van der Waals surface area contributed by atoms with Crippen LogP contribution in [0, 0.1) is 0 Å². The van der Waals surface area contributed by atoms with Crippen molar-refractivity contribution in [1.29, 1.82) is 0 Å². The monoisotopic (exact) mass is 363 g/mol. The third kappa shape index (κ3) is 4.13. The quantitative estimate of drug-likeness (QED) is 0.810. The summed E-state index contributed by atoms with van der Waals surface area (Å²) < 4.78 is 26.8. The van der Waals surface area contributed by atoms with Crippen molar-refractivity contribution in [1.82, 2.24) is 4.98 Å². The van der Waals surface area contributed by atoms with Crippen LogP contribution in [0.4, 0.5) is 11.4 Å². The minimum Gasteiger partial charge on any atom is -0.477 e. The number of amides is 1. The van der Waals surface area contributed by atoms with Gasteiger partial charge in [0.25, 0.3) is 10.0 Å². The Hall–Kier alpha value is -2.94. The molecule has 0 aliphatic heterocycles. The second-order valence-corrected chi connectivity index (χ2v) is 6.94. The molecule has 0 bridgehead atoms. The Balaban J connectivity index is 2.40. The maximum atomic E-state index is 12.8. The number of pyridine rings is 1. The minimum atomic E-state index is -3.89. The van der Waals surface area contributed by atoms with Crippen molar-refractivity contribution in [2.45, 2.75) is 18.7 Å². The van der Waals surface area contributed by atoms with Crippen molar-refractivity contribution in [3.05, 3.63) is 48.3 Å². The fourth-order valence-corrected chi connectivity index (χ4v) is 3.69. The molecular weight excluding hydrogens is 346 g/mol. The zero-order chi connectivity index (χ0) is 18.6. The maximum absolute atomic E-state index is 12.8. The first kappa shape index (κ1) is 18.4. The summed E-state index contributed by atoms with van der Waals surface area (Å²) in [4.78, 5) is 25.8. The second-order valence-electron chi connectivity index (χ2n) is 5.08. The highest BCUT2D eigenvalue weighted by atomic mass is 32.2. The maximum Gasteiger partial charge on any atom is 0.354 e. The molecule has 2 N–H and O–H groups in total. The Kier molecular flexibility index (Phi) is 5.38. The van der Waals surface area contributed by atoms with Gasteiger partial charge in [-0.05, 0) is 43.3 Å². The first-order valence-corrected chi connectivity index (χ1v) is 8.79. The van der Waals surface area contributed by atoms with Gasteiger partial charge in [0.1, 0.15) is 5.69 Å². The molecule has 1 amide bonds. The number of rotatable bonds is 6. The van der Waals surface area contributed by atoms with E-state index in [0.717, 1.165) is 4.31 Å². The van der Waals surface area contributed by atoms with Crippen LogP contribution in [-0.4, -0.2) is 36.9 Å². The highest BCUT2D eigenvalue weighted by molar-refractivity contribution is 7.92. The summed E-state index contributed by atoms with van der Waals surface area (Å²) in [7, 11) is -3.89. The fraction of sp³-hybridized carbons (Fsp3) is 0.188. The molecule has 0 saturated carbocycles. The average Bonchev–Trinajstić information content (AvgIpc) is 2.55. The van der Waals surface area contributed by atoms with Crippen molar-refractivity contribution in [3.8, 4) is 0 Å². The number of benzene rings is 1. The lowest BCUT2D eigenvalue weighted by molar-refractivity contribution is -0.114. The predicted molar refractivity (Wildman–Crippen MR) is 92.1 cm³/mol. The van der Waals surface area contributed by atoms with Crippen molar-refractivity contribution in [2.24, 2.45) is 0 Å². The van der Waals surface area contributed by atoms with Crippen LogP contribution in [0.2, 0.25) is 0 Å². The summed E-state index contributed by atoms with van der Waals surface area (Å²) in [5.41, 5.74) is 0.444. The molecule has 1 heterocycles. The number of nitrogens with zero attached hydrogens (tertiary/aromatic N) is 2. The van der Waals surface area contributed by atoms with E-state index in [9.17, 15) is 18.0 Å². The van der Waals surface area contributed by atoms with Crippen molar-refractivity contribution < 1.29 is 23.1 Å². The molecule has 0 aliphatic carbocycles. The van der Waals surface area contributed by atoms with E-state index in [2.05, 4.69) is 10.3 Å². The third-order valence-corrected chi connectivity index (χ3v) is 5.22. The molecule has 0 aliphatic rings. The summed E-state index contributed by atoms with van der Waals surface area (Å²) in [6.07, 6.45) is 1.25. The number of carboxylic acid groups (broad SMARTS) is 1. The van der Waals surface area contributed by atoms with Gasteiger partial charge in [0, 0.05) is 25.4 Å². The highest BCUT2D eigenvalue weighted by Gasteiger charge is 2.24. The van der Waals surface area contributed by atoms with Crippen molar-refractivity contribution in [3.63, 3.8) is 0 Å². The molecule has 132 valence electrons. The summed E-state index contributed by atoms with van der Waals surface area (Å²) >= 11 is 0. The summed E-state index contributed by atoms with van der Waals surface area (Å²) in [6, 6.07) is 8.36. The number of carbonyl (C=O) groups excluding carboxylic acids is 1. The van der Waals surface area contributed by atoms with Crippen LogP contribution in [0.25, 0.3) is 0 Å². The highest BCUT2D eigenvalue weighted by Crippen LogP contribution is 2.24. The smallest absolute Gasteiger partial charge is 0.354 e. The normalized spacial score (nSPS) is 11.0. The number of nitrogens with one attached hydrogen (secondary N) is 1. The number of aromatic carboxylic acids is 1. The van der Waals surface area contributed by atoms with Gasteiger partial charge in [-0.1, -0.05) is 0 Å². The second kappa shape index (κ2) is 7.31. The Morgan fingerprint density at radius 2 is 1.84 bits per heavy atom. The Morgan fingerprint density at radius 1 is 1.20 bits per heavy atom. The van der Waals surface area contributed by atoms with Gasteiger partial charge in [0.05, 0.1) is 10.6 Å². The average molecular weight is 363 g/mol. The van der Waals surface area contributed by atoms with Gasteiger partial charge in [-0.15, -0.1) is 0 Å². The van der Waals surface area contributed by atoms with Gasteiger partial charge in [0.2, 0.25) is 5.91 Å². The number of carboxylic acids is 1. The van der Waals surface area contributed by atoms with E-state index in [1.54, 1.807) is 6.92 Å². The van der Waals surface area contributed by atoms with E-state index in [1.165, 1.54) is 49.5 Å². The minimum absolute atomic E-state index is 0.0251. The van der Waals surface area contributed by atoms with Crippen LogP contribution in [-0.2, 0) is 14.8 Å². The van der Waals surface area contributed by atoms with E-state index in [1.807, 2.05) is 0 Å². The molecule has 0 unspecified atom stereocenters. The Labute approximate surface area is 145 Å². The van der Waals surface area contributed by atoms with Gasteiger partial charge < -0.3 is 10.4 Å². The van der Waals surface area contributed by atoms with Gasteiger partial charge in [-0.25, -0.2) is 18.2 Å². The topological polar surface area (TPSA) is 117 Å². The summed E-state index contributed by atoms with van der Waals surface area (Å²) in [5, 5.41) is 11.6. The van der Waals surface area contributed by atoms with Crippen LogP contribution >= 0.6 is 0 Å². The fourth-order valence-electron chi connectivity index (χ4n) is 2.22. The summed E-state index contributed by atoms with van der Waals surface area (Å²) in [5.74, 6) is -1.50. The van der Waals surface area contributed by atoms with Crippen LogP contribution in [0.15, 0.2) is 47.5 Å². The largest absolute Gasteiger partial charge is 0.477 e. The molecule has 8 nitrogen and oxygen atoms in total. The van der Waals surface area contributed by atoms with E-state index in [0.29, 0.717) is 5.69 Å². The SMILES string of the molecule is CCN(c1ccnc(C(=O)O)c1)S(=O)(=O)c1ccc(NC(C)=O)cc1. The van der Waals surface area contributed by atoms with E-state index < -0.39 is 16.0 Å². The molecule has 9 heteroatoms. The van der Waals surface area contributed by atoms with Crippen LogP contribution in [0.1, 0.15) is 24.3 Å². The predicted octanol–water partition coefficient (Wildman–Crippen LogP) is 1.95. The van der Waals surface area contributed by atoms with Gasteiger partial charge in [-0.2, -0.15) is 0 Å². The van der Waals surface area contributed by atoms with Crippen LogP contribution in [0.3, 0.4) is 0 Å². The molecule has 0 radical (unpaired) electrons. The molecule has 1 aromatic heterocycles. The van der Waals surface area contributed by atoms with Gasteiger partial charge in [-0.3, -0.25) is 9.10 Å². The lowest BCUT2D eigenvalue weighted by atomic mass is 10.3. The molecule has 25 heavy (non-hydrogen) atoms. The molecule has 2 aromatic rings. The van der Waals surface area contributed by atoms with Gasteiger partial charge in [0.15, 0.2) is 0 Å². The standard InChI is InChI=1S/C16H17N3O5S/c1-3-19(13-8-9-17-15(10-13)16(21)22)25(23,24)14-6-4-12(5-7-14)18-11(2)20/h4-10H,3H2,1-2H3,(H,18,20)(H,21,22).